The molecular formula is C16H24ClN3O. The number of carbonyl (C=O) groups excluding carboxylic acids is 1. The number of hydrogen-bond donors (Lipinski definition) is 2. The molecule has 0 saturated carbocycles. The summed E-state index contributed by atoms with van der Waals surface area (Å²) in [5.74, 6) is 0.386. The summed E-state index contributed by atoms with van der Waals surface area (Å²) in [7, 11) is 0. The second-order valence-corrected chi connectivity index (χ2v) is 5.94. The van der Waals surface area contributed by atoms with Crippen molar-refractivity contribution in [1.82, 2.24) is 15.5 Å². The van der Waals surface area contributed by atoms with Crippen molar-refractivity contribution < 1.29 is 4.79 Å². The Kier molecular flexibility index (Phi) is 5.62. The van der Waals surface area contributed by atoms with Gasteiger partial charge in [-0.3, -0.25) is 9.69 Å². The molecule has 2 N–H and O–H groups in total. The Balaban J connectivity index is 0.00000161. The molecule has 4 nitrogen and oxygen atoms in total. The molecule has 1 fully saturated rings. The molecule has 1 atom stereocenters. The fourth-order valence-electron chi connectivity index (χ4n) is 2.89. The molecule has 0 bridgehead atoms. The van der Waals surface area contributed by atoms with E-state index in [0.717, 1.165) is 39.1 Å². The molecule has 0 radical (unpaired) electrons. The summed E-state index contributed by atoms with van der Waals surface area (Å²) >= 11 is 0. The van der Waals surface area contributed by atoms with E-state index in [4.69, 9.17) is 0 Å². The molecule has 0 aromatic heterocycles. The van der Waals surface area contributed by atoms with E-state index in [1.54, 1.807) is 0 Å². The normalized spacial score (nSPS) is 19.9. The first kappa shape index (κ1) is 16.3. The Morgan fingerprint density at radius 2 is 2.10 bits per heavy atom. The van der Waals surface area contributed by atoms with Crippen LogP contribution in [0.4, 0.5) is 0 Å². The number of nitrogens with zero attached hydrogens (tertiary/aromatic N) is 1. The molecule has 1 saturated heterocycles. The summed E-state index contributed by atoms with van der Waals surface area (Å²) < 4.78 is 0. The number of fused-ring (bicyclic) bond motifs is 1. The lowest BCUT2D eigenvalue weighted by molar-refractivity contribution is -0.126. The minimum absolute atomic E-state index is 0. The van der Waals surface area contributed by atoms with Crippen molar-refractivity contribution in [3.8, 4) is 0 Å². The fourth-order valence-corrected chi connectivity index (χ4v) is 2.89. The summed E-state index contributed by atoms with van der Waals surface area (Å²) in [6.45, 7) is 6.69. The van der Waals surface area contributed by atoms with Gasteiger partial charge in [0.1, 0.15) is 0 Å². The zero-order valence-electron chi connectivity index (χ0n) is 12.5. The SMILES string of the molecule is CC(CNC(=O)C1CNC1)N1CCc2ccccc2C1.Cl. The molecule has 1 amide bonds. The number of rotatable bonds is 4. The number of carbonyl (C=O) groups is 1. The van der Waals surface area contributed by atoms with Gasteiger partial charge >= 0.3 is 0 Å². The highest BCUT2D eigenvalue weighted by Crippen LogP contribution is 2.19. The van der Waals surface area contributed by atoms with Crippen LogP contribution < -0.4 is 10.6 Å². The molecular weight excluding hydrogens is 286 g/mol. The predicted octanol–water partition coefficient (Wildman–Crippen LogP) is 1.19. The van der Waals surface area contributed by atoms with Gasteiger partial charge in [-0.2, -0.15) is 0 Å². The van der Waals surface area contributed by atoms with Crippen LogP contribution in [0.2, 0.25) is 0 Å². The van der Waals surface area contributed by atoms with Crippen molar-refractivity contribution in [2.75, 3.05) is 26.2 Å². The Bertz CT molecular complexity index is 490. The van der Waals surface area contributed by atoms with Crippen molar-refractivity contribution in [2.24, 2.45) is 5.92 Å². The number of hydrogen-bond acceptors (Lipinski definition) is 3. The van der Waals surface area contributed by atoms with E-state index in [0.29, 0.717) is 6.04 Å². The Hall–Kier alpha value is -1.10. The zero-order chi connectivity index (χ0) is 13.9. The first-order valence-electron chi connectivity index (χ1n) is 7.53. The Labute approximate surface area is 132 Å². The van der Waals surface area contributed by atoms with Crippen LogP contribution in [0.1, 0.15) is 18.1 Å². The standard InChI is InChI=1S/C16H23N3O.ClH/c1-12(8-18-16(20)15-9-17-10-15)19-7-6-13-4-2-3-5-14(13)11-19;/h2-5,12,15,17H,6-11H2,1H3,(H,18,20);1H. The topological polar surface area (TPSA) is 44.4 Å². The molecule has 2 aliphatic heterocycles. The molecule has 21 heavy (non-hydrogen) atoms. The summed E-state index contributed by atoms with van der Waals surface area (Å²) in [5.41, 5.74) is 2.90. The molecule has 3 rings (SSSR count). The largest absolute Gasteiger partial charge is 0.354 e. The van der Waals surface area contributed by atoms with Gasteiger partial charge in [-0.05, 0) is 24.5 Å². The van der Waals surface area contributed by atoms with Crippen molar-refractivity contribution in [3.05, 3.63) is 35.4 Å². The smallest absolute Gasteiger partial charge is 0.225 e. The number of nitrogens with one attached hydrogen (secondary N) is 2. The van der Waals surface area contributed by atoms with Crippen LogP contribution in [-0.2, 0) is 17.8 Å². The van der Waals surface area contributed by atoms with E-state index in [-0.39, 0.29) is 24.2 Å². The lowest BCUT2D eigenvalue weighted by Crippen LogP contribution is -2.53. The Morgan fingerprint density at radius 1 is 1.38 bits per heavy atom. The molecule has 2 heterocycles. The van der Waals surface area contributed by atoms with Gasteiger partial charge in [-0.1, -0.05) is 24.3 Å². The highest BCUT2D eigenvalue weighted by molar-refractivity contribution is 5.85. The third kappa shape index (κ3) is 3.76. The molecule has 116 valence electrons. The van der Waals surface area contributed by atoms with E-state index in [1.165, 1.54) is 11.1 Å². The molecule has 1 aromatic carbocycles. The van der Waals surface area contributed by atoms with Crippen molar-refractivity contribution in [2.45, 2.75) is 25.9 Å². The van der Waals surface area contributed by atoms with E-state index < -0.39 is 0 Å². The molecule has 0 aliphatic carbocycles. The monoisotopic (exact) mass is 309 g/mol. The maximum Gasteiger partial charge on any atom is 0.225 e. The highest BCUT2D eigenvalue weighted by Gasteiger charge is 2.26. The van der Waals surface area contributed by atoms with E-state index in [1.807, 2.05) is 0 Å². The van der Waals surface area contributed by atoms with Gasteiger partial charge < -0.3 is 10.6 Å². The van der Waals surface area contributed by atoms with Crippen LogP contribution in [0.15, 0.2) is 24.3 Å². The minimum Gasteiger partial charge on any atom is -0.354 e. The Morgan fingerprint density at radius 3 is 2.76 bits per heavy atom. The minimum atomic E-state index is 0. The van der Waals surface area contributed by atoms with Crippen molar-refractivity contribution in [1.29, 1.82) is 0 Å². The van der Waals surface area contributed by atoms with Crippen LogP contribution in [0.25, 0.3) is 0 Å². The van der Waals surface area contributed by atoms with Gasteiger partial charge in [-0.25, -0.2) is 0 Å². The molecule has 5 heteroatoms. The van der Waals surface area contributed by atoms with Gasteiger partial charge in [-0.15, -0.1) is 12.4 Å². The van der Waals surface area contributed by atoms with E-state index in [2.05, 4.69) is 46.7 Å². The number of benzene rings is 1. The lowest BCUT2D eigenvalue weighted by atomic mass is 9.98. The van der Waals surface area contributed by atoms with Gasteiger partial charge in [0, 0.05) is 38.8 Å². The fraction of sp³-hybridized carbons (Fsp3) is 0.562. The van der Waals surface area contributed by atoms with Crippen LogP contribution in [0, 0.1) is 5.92 Å². The summed E-state index contributed by atoms with van der Waals surface area (Å²) in [6, 6.07) is 9.05. The first-order chi connectivity index (χ1) is 9.74. The maximum atomic E-state index is 11.8. The van der Waals surface area contributed by atoms with Gasteiger partial charge in [0.05, 0.1) is 5.92 Å². The molecule has 1 aromatic rings. The third-order valence-electron chi connectivity index (χ3n) is 4.51. The van der Waals surface area contributed by atoms with Gasteiger partial charge in [0.2, 0.25) is 5.91 Å². The number of halogens is 1. The van der Waals surface area contributed by atoms with Crippen molar-refractivity contribution >= 4 is 18.3 Å². The second-order valence-electron chi connectivity index (χ2n) is 5.94. The van der Waals surface area contributed by atoms with Gasteiger partial charge in [0.15, 0.2) is 0 Å². The quantitative estimate of drug-likeness (QED) is 0.878. The van der Waals surface area contributed by atoms with E-state index in [9.17, 15) is 4.79 Å². The summed E-state index contributed by atoms with van der Waals surface area (Å²) in [5, 5.41) is 6.22. The third-order valence-corrected chi connectivity index (χ3v) is 4.51. The van der Waals surface area contributed by atoms with Crippen LogP contribution in [0.5, 0.6) is 0 Å². The average molecular weight is 310 g/mol. The summed E-state index contributed by atoms with van der Waals surface area (Å²) in [4.78, 5) is 14.3. The second kappa shape index (κ2) is 7.25. The summed E-state index contributed by atoms with van der Waals surface area (Å²) in [6.07, 6.45) is 1.11. The van der Waals surface area contributed by atoms with E-state index >= 15 is 0 Å². The molecule has 1 unspecified atom stereocenters. The van der Waals surface area contributed by atoms with Crippen LogP contribution in [-0.4, -0.2) is 43.0 Å². The van der Waals surface area contributed by atoms with Crippen LogP contribution in [0.3, 0.4) is 0 Å². The lowest BCUT2D eigenvalue weighted by Gasteiger charge is -2.34. The predicted molar refractivity (Wildman–Crippen MR) is 86.6 cm³/mol. The molecule has 0 spiro atoms. The van der Waals surface area contributed by atoms with Crippen LogP contribution >= 0.6 is 12.4 Å². The van der Waals surface area contributed by atoms with Crippen molar-refractivity contribution in [3.63, 3.8) is 0 Å². The average Bonchev–Trinajstić information content (AvgIpc) is 2.42. The maximum absolute atomic E-state index is 11.8. The zero-order valence-corrected chi connectivity index (χ0v) is 13.3. The highest BCUT2D eigenvalue weighted by atomic mass is 35.5. The first-order valence-corrected chi connectivity index (χ1v) is 7.53. The molecule has 2 aliphatic rings. The van der Waals surface area contributed by atoms with Gasteiger partial charge in [0.25, 0.3) is 0 Å². The number of amides is 1.